The number of nitrogens with one attached hydrogen (secondary N) is 1. The summed E-state index contributed by atoms with van der Waals surface area (Å²) in [5.41, 5.74) is 3.27. The normalized spacial score (nSPS) is 28.2. The molecule has 0 spiro atoms. The number of aliphatic carboxylic acids is 2. The molecule has 2 fully saturated rings. The number of benzene rings is 1. The van der Waals surface area contributed by atoms with Gasteiger partial charge in [-0.05, 0) is 81.1 Å². The number of fused-ring (bicyclic) bond motifs is 1. The molecule has 3 N–H and O–H groups in total. The van der Waals surface area contributed by atoms with Crippen LogP contribution in [0, 0.1) is 5.92 Å². The Hall–Kier alpha value is -2.45. The van der Waals surface area contributed by atoms with Crippen molar-refractivity contribution < 1.29 is 24.6 Å². The molecule has 1 saturated heterocycles. The number of carboxylic acids is 2. The molecule has 32 heavy (non-hydrogen) atoms. The highest BCUT2D eigenvalue weighted by Crippen LogP contribution is 2.37. The van der Waals surface area contributed by atoms with Crippen LogP contribution in [0.15, 0.2) is 18.2 Å². The minimum Gasteiger partial charge on any atom is -0.481 e. The molecule has 1 unspecified atom stereocenters. The maximum absolute atomic E-state index is 13.7. The number of urea groups is 1. The minimum absolute atomic E-state index is 0.104. The molecule has 0 radical (unpaired) electrons. The lowest BCUT2D eigenvalue weighted by atomic mass is 9.83. The second kappa shape index (κ2) is 9.58. The predicted molar refractivity (Wildman–Crippen MR) is 121 cm³/mol. The lowest BCUT2D eigenvalue weighted by molar-refractivity contribution is -0.138. The molecule has 1 aromatic rings. The van der Waals surface area contributed by atoms with Crippen LogP contribution in [0.3, 0.4) is 0 Å². The molecule has 3 aliphatic rings. The highest BCUT2D eigenvalue weighted by molar-refractivity contribution is 5.93. The van der Waals surface area contributed by atoms with Crippen LogP contribution in [0.4, 0.5) is 10.5 Å². The van der Waals surface area contributed by atoms with Crippen molar-refractivity contribution in [2.24, 2.45) is 5.92 Å². The van der Waals surface area contributed by atoms with Crippen LogP contribution in [0.1, 0.15) is 49.7 Å². The summed E-state index contributed by atoms with van der Waals surface area (Å²) in [6.07, 6.45) is 6.29. The highest BCUT2D eigenvalue weighted by Gasteiger charge is 2.52. The monoisotopic (exact) mass is 444 g/mol. The van der Waals surface area contributed by atoms with Gasteiger partial charge in [-0.3, -0.25) is 9.69 Å². The number of amides is 2. The topological polar surface area (TPSA) is 107 Å². The van der Waals surface area contributed by atoms with Gasteiger partial charge in [0.1, 0.15) is 12.2 Å². The van der Waals surface area contributed by atoms with Gasteiger partial charge < -0.3 is 15.5 Å². The van der Waals surface area contributed by atoms with E-state index in [0.29, 0.717) is 25.4 Å². The zero-order chi connectivity index (χ0) is 22.7. The number of hydrogen-bond acceptors (Lipinski definition) is 4. The fraction of sp³-hybridized carbons (Fsp3) is 0.625. The van der Waals surface area contributed by atoms with Crippen molar-refractivity contribution in [1.82, 2.24) is 14.7 Å². The Bertz CT molecular complexity index is 880. The molecular weight excluding hydrogens is 410 g/mol. The summed E-state index contributed by atoms with van der Waals surface area (Å²) >= 11 is 0. The zero-order valence-electron chi connectivity index (χ0n) is 18.6. The van der Waals surface area contributed by atoms with Gasteiger partial charge in [0.2, 0.25) is 0 Å². The van der Waals surface area contributed by atoms with E-state index in [1.807, 2.05) is 11.0 Å². The van der Waals surface area contributed by atoms with Crippen LogP contribution < -0.4 is 9.80 Å². The summed E-state index contributed by atoms with van der Waals surface area (Å²) in [5.74, 6) is -1.32. The molecule has 1 atom stereocenters. The maximum atomic E-state index is 13.7. The van der Waals surface area contributed by atoms with Crippen molar-refractivity contribution >= 4 is 23.7 Å². The molecule has 2 amide bonds. The second-order valence-corrected chi connectivity index (χ2v) is 9.53. The number of nitrogens with zero attached hydrogens (tertiary/aromatic N) is 2. The number of rotatable bonds is 7. The van der Waals surface area contributed by atoms with E-state index in [9.17, 15) is 19.5 Å². The average molecular weight is 445 g/mol. The van der Waals surface area contributed by atoms with Gasteiger partial charge in [-0.25, -0.2) is 9.59 Å². The molecule has 4 rings (SSSR count). The Kier molecular flexibility index (Phi) is 6.81. The number of hydrogen-bond donors (Lipinski definition) is 3. The van der Waals surface area contributed by atoms with Crippen molar-refractivity contribution in [3.8, 4) is 0 Å². The van der Waals surface area contributed by atoms with E-state index in [0.717, 1.165) is 57.3 Å². The van der Waals surface area contributed by atoms with E-state index in [1.165, 1.54) is 11.1 Å². The van der Waals surface area contributed by atoms with Gasteiger partial charge >= 0.3 is 18.0 Å². The molecule has 8 nitrogen and oxygen atoms in total. The number of quaternary nitrogens is 1. The standard InChI is InChI=1S/C24H33N3O5/c28-22(29)8-3-17-1-5-20(6-2-17)26-13-14-27(24(26)32,16-23(30)31)21-7-4-18-9-11-25-12-10-19(18)15-21/h4,7,15,17,20,25H,1-3,5-6,8-14,16H2,(H-,28,29,30,31)/p+1. The van der Waals surface area contributed by atoms with E-state index in [-0.39, 0.29) is 29.5 Å². The van der Waals surface area contributed by atoms with Crippen LogP contribution in [0.5, 0.6) is 0 Å². The second-order valence-electron chi connectivity index (χ2n) is 9.53. The lowest BCUT2D eigenvalue weighted by Gasteiger charge is -2.35. The van der Waals surface area contributed by atoms with Gasteiger partial charge in [0, 0.05) is 18.5 Å². The summed E-state index contributed by atoms with van der Waals surface area (Å²) in [7, 11) is 0. The summed E-state index contributed by atoms with van der Waals surface area (Å²) < 4.78 is -0.144. The van der Waals surface area contributed by atoms with Crippen molar-refractivity contribution in [2.75, 3.05) is 32.7 Å². The van der Waals surface area contributed by atoms with Crippen molar-refractivity contribution in [2.45, 2.75) is 57.4 Å². The van der Waals surface area contributed by atoms with Crippen LogP contribution in [-0.2, 0) is 22.4 Å². The smallest absolute Gasteiger partial charge is 0.425 e. The zero-order valence-corrected chi connectivity index (χ0v) is 18.6. The van der Waals surface area contributed by atoms with Crippen molar-refractivity contribution in [3.63, 3.8) is 0 Å². The third-order valence-electron chi connectivity index (χ3n) is 7.59. The molecule has 1 aliphatic carbocycles. The predicted octanol–water partition coefficient (Wildman–Crippen LogP) is 2.63. The third kappa shape index (κ3) is 4.66. The van der Waals surface area contributed by atoms with E-state index in [2.05, 4.69) is 17.4 Å². The molecule has 2 aliphatic heterocycles. The Morgan fingerprint density at radius 3 is 2.44 bits per heavy atom. The number of carbonyl (C=O) groups is 3. The van der Waals surface area contributed by atoms with Crippen LogP contribution >= 0.6 is 0 Å². The molecular formula is C24H34N3O5+. The summed E-state index contributed by atoms with van der Waals surface area (Å²) in [6.45, 7) is 2.63. The minimum atomic E-state index is -0.964. The SMILES string of the molecule is O=C(O)CCC1CCC(N2CC[N+](CC(=O)O)(c3ccc4c(c3)CCNCC4)C2=O)CC1. The van der Waals surface area contributed by atoms with E-state index in [1.54, 1.807) is 0 Å². The van der Waals surface area contributed by atoms with Crippen LogP contribution in [0.25, 0.3) is 0 Å². The molecule has 8 heteroatoms. The lowest BCUT2D eigenvalue weighted by Crippen LogP contribution is -2.56. The summed E-state index contributed by atoms with van der Waals surface area (Å²) in [4.78, 5) is 38.3. The Morgan fingerprint density at radius 1 is 1.03 bits per heavy atom. The summed E-state index contributed by atoms with van der Waals surface area (Å²) in [6, 6.07) is 6.10. The fourth-order valence-electron chi connectivity index (χ4n) is 5.76. The van der Waals surface area contributed by atoms with Gasteiger partial charge in [0.05, 0.1) is 6.54 Å². The van der Waals surface area contributed by atoms with Crippen molar-refractivity contribution in [3.05, 3.63) is 29.3 Å². The number of carboxylic acid groups (broad SMARTS) is 2. The highest BCUT2D eigenvalue weighted by atomic mass is 16.4. The third-order valence-corrected chi connectivity index (χ3v) is 7.59. The summed E-state index contributed by atoms with van der Waals surface area (Å²) in [5, 5.41) is 22.0. The van der Waals surface area contributed by atoms with Gasteiger partial charge in [0.25, 0.3) is 0 Å². The molecule has 0 bridgehead atoms. The van der Waals surface area contributed by atoms with E-state index < -0.39 is 11.9 Å². The van der Waals surface area contributed by atoms with Crippen LogP contribution in [0.2, 0.25) is 0 Å². The van der Waals surface area contributed by atoms with Gasteiger partial charge in [-0.2, -0.15) is 4.48 Å². The molecule has 0 aromatic heterocycles. The molecule has 1 aromatic carbocycles. The Morgan fingerprint density at radius 2 is 1.75 bits per heavy atom. The van der Waals surface area contributed by atoms with E-state index >= 15 is 0 Å². The van der Waals surface area contributed by atoms with Crippen LogP contribution in [-0.4, -0.2) is 71.8 Å². The molecule has 2 heterocycles. The Labute approximate surface area is 188 Å². The van der Waals surface area contributed by atoms with Gasteiger partial charge in [-0.15, -0.1) is 0 Å². The average Bonchev–Trinajstić information content (AvgIpc) is 2.94. The molecule has 174 valence electrons. The van der Waals surface area contributed by atoms with Gasteiger partial charge in [-0.1, -0.05) is 6.07 Å². The largest absolute Gasteiger partial charge is 0.481 e. The first kappa shape index (κ1) is 22.7. The van der Waals surface area contributed by atoms with E-state index in [4.69, 9.17) is 5.11 Å². The first-order valence-electron chi connectivity index (χ1n) is 11.8. The Balaban J connectivity index is 1.52. The maximum Gasteiger partial charge on any atom is 0.425 e. The first-order valence-corrected chi connectivity index (χ1v) is 11.8. The number of carbonyl (C=O) groups excluding carboxylic acids is 1. The van der Waals surface area contributed by atoms with Gasteiger partial charge in [0.15, 0.2) is 6.54 Å². The molecule has 1 saturated carbocycles. The fourth-order valence-corrected chi connectivity index (χ4v) is 5.76. The first-order chi connectivity index (χ1) is 15.4. The quantitative estimate of drug-likeness (QED) is 0.558. The van der Waals surface area contributed by atoms with Crippen molar-refractivity contribution in [1.29, 1.82) is 0 Å².